The van der Waals surface area contributed by atoms with E-state index in [0.717, 1.165) is 0 Å². The molecule has 0 aliphatic heterocycles. The summed E-state index contributed by atoms with van der Waals surface area (Å²) in [6.45, 7) is 0. The van der Waals surface area contributed by atoms with Crippen molar-refractivity contribution >= 4 is 34.8 Å². The van der Waals surface area contributed by atoms with E-state index < -0.39 is 10.8 Å². The molecule has 0 heterocycles. The lowest BCUT2D eigenvalue weighted by atomic mass is 9.89. The van der Waals surface area contributed by atoms with Crippen molar-refractivity contribution < 1.29 is 9.59 Å². The van der Waals surface area contributed by atoms with Gasteiger partial charge in [0.2, 0.25) is 0 Å². The molecule has 72 valence electrons. The van der Waals surface area contributed by atoms with Crippen LogP contribution in [0.3, 0.4) is 0 Å². The maximum Gasteiger partial charge on any atom is 0.183 e. The topological polar surface area (TPSA) is 34.1 Å². The number of hydrogen-bond acceptors (Lipinski definition) is 2. The van der Waals surface area contributed by atoms with Gasteiger partial charge in [0, 0.05) is 11.1 Å². The van der Waals surface area contributed by atoms with Crippen LogP contribution in [0.1, 0.15) is 20.7 Å². The molecule has 0 fully saturated rings. The Labute approximate surface area is 90.8 Å². The van der Waals surface area contributed by atoms with E-state index in [4.69, 9.17) is 23.2 Å². The van der Waals surface area contributed by atoms with E-state index >= 15 is 0 Å². The Morgan fingerprint density at radius 3 is 1.57 bits per heavy atom. The summed E-state index contributed by atoms with van der Waals surface area (Å²) >= 11 is 11.5. The number of carbonyl (C=O) groups excluding carboxylic acids is 2. The number of benzene rings is 1. The van der Waals surface area contributed by atoms with Crippen LogP contribution in [-0.4, -0.2) is 22.3 Å². The minimum absolute atomic E-state index is 0.276. The second-order valence-electron chi connectivity index (χ2n) is 3.08. The molecule has 2 atom stereocenters. The number of rotatable bonds is 0. The molecule has 1 aliphatic carbocycles. The first kappa shape index (κ1) is 9.69. The number of Topliss-reactive ketones (excluding diaryl/α,β-unsaturated/α-hetero) is 2. The molecule has 0 bridgehead atoms. The summed E-state index contributed by atoms with van der Waals surface area (Å²) in [5, 5.41) is -1.89. The quantitative estimate of drug-likeness (QED) is 0.639. The van der Waals surface area contributed by atoms with Crippen molar-refractivity contribution in [3.63, 3.8) is 0 Å². The summed E-state index contributed by atoms with van der Waals surface area (Å²) in [6, 6.07) is 6.58. The van der Waals surface area contributed by atoms with Gasteiger partial charge in [-0.25, -0.2) is 0 Å². The van der Waals surface area contributed by atoms with Gasteiger partial charge in [-0.15, -0.1) is 23.2 Å². The molecule has 0 unspecified atom stereocenters. The Kier molecular flexibility index (Phi) is 2.33. The lowest BCUT2D eigenvalue weighted by Gasteiger charge is -2.21. The highest BCUT2D eigenvalue weighted by Gasteiger charge is 2.38. The summed E-state index contributed by atoms with van der Waals surface area (Å²) in [4.78, 5) is 23.2. The van der Waals surface area contributed by atoms with Gasteiger partial charge in [0.15, 0.2) is 11.6 Å². The van der Waals surface area contributed by atoms with Crippen molar-refractivity contribution in [2.75, 3.05) is 0 Å². The first-order valence-electron chi connectivity index (χ1n) is 4.08. The predicted molar refractivity (Wildman–Crippen MR) is 54.4 cm³/mol. The number of halogens is 2. The highest BCUT2D eigenvalue weighted by molar-refractivity contribution is 6.48. The molecule has 14 heavy (non-hydrogen) atoms. The van der Waals surface area contributed by atoms with Crippen molar-refractivity contribution in [2.45, 2.75) is 10.8 Å². The number of hydrogen-bond donors (Lipinski definition) is 0. The van der Waals surface area contributed by atoms with Gasteiger partial charge in [-0.05, 0) is 0 Å². The zero-order chi connectivity index (χ0) is 10.3. The summed E-state index contributed by atoms with van der Waals surface area (Å²) in [6.07, 6.45) is 0. The molecular weight excluding hydrogens is 223 g/mol. The SMILES string of the molecule is O=C1c2ccccc2C(=O)[C@H](Cl)[C@H]1Cl. The van der Waals surface area contributed by atoms with E-state index in [2.05, 4.69) is 0 Å². The van der Waals surface area contributed by atoms with Crippen LogP contribution in [0.15, 0.2) is 24.3 Å². The molecule has 0 radical (unpaired) electrons. The van der Waals surface area contributed by atoms with Crippen molar-refractivity contribution in [1.82, 2.24) is 0 Å². The van der Waals surface area contributed by atoms with E-state index in [0.29, 0.717) is 11.1 Å². The second-order valence-corrected chi connectivity index (χ2v) is 4.02. The number of fused-ring (bicyclic) bond motifs is 1. The van der Waals surface area contributed by atoms with Crippen LogP contribution in [0.5, 0.6) is 0 Å². The Morgan fingerprint density at radius 1 is 0.857 bits per heavy atom. The Hall–Kier alpha value is -0.860. The molecule has 0 N–H and O–H groups in total. The smallest absolute Gasteiger partial charge is 0.183 e. The number of ketones is 2. The molecular formula is C10H6Cl2O2. The van der Waals surface area contributed by atoms with Crippen LogP contribution in [0.25, 0.3) is 0 Å². The van der Waals surface area contributed by atoms with Crippen LogP contribution in [0.2, 0.25) is 0 Å². The van der Waals surface area contributed by atoms with Gasteiger partial charge >= 0.3 is 0 Å². The molecule has 2 rings (SSSR count). The van der Waals surface area contributed by atoms with Gasteiger partial charge in [-0.1, -0.05) is 24.3 Å². The van der Waals surface area contributed by atoms with Gasteiger partial charge in [-0.2, -0.15) is 0 Å². The third-order valence-corrected chi connectivity index (χ3v) is 3.25. The summed E-state index contributed by atoms with van der Waals surface area (Å²) in [5.41, 5.74) is 0.740. The minimum atomic E-state index is -0.945. The van der Waals surface area contributed by atoms with Gasteiger partial charge in [0.25, 0.3) is 0 Å². The van der Waals surface area contributed by atoms with Crippen molar-refractivity contribution in [2.24, 2.45) is 0 Å². The van der Waals surface area contributed by atoms with E-state index in [1.807, 2.05) is 0 Å². The highest BCUT2D eigenvalue weighted by atomic mass is 35.5. The Morgan fingerprint density at radius 2 is 1.21 bits per heavy atom. The maximum atomic E-state index is 11.6. The Bertz CT molecular complexity index is 375. The van der Waals surface area contributed by atoms with Gasteiger partial charge in [0.1, 0.15) is 10.8 Å². The summed E-state index contributed by atoms with van der Waals surface area (Å²) in [5.74, 6) is -0.552. The van der Waals surface area contributed by atoms with Crippen LogP contribution >= 0.6 is 23.2 Å². The largest absolute Gasteiger partial charge is 0.292 e. The average Bonchev–Trinajstić information content (AvgIpc) is 2.23. The predicted octanol–water partition coefficient (Wildman–Crippen LogP) is 2.28. The lowest BCUT2D eigenvalue weighted by molar-refractivity contribution is 0.0899. The van der Waals surface area contributed by atoms with Gasteiger partial charge in [-0.3, -0.25) is 9.59 Å². The minimum Gasteiger partial charge on any atom is -0.292 e. The summed E-state index contributed by atoms with van der Waals surface area (Å²) < 4.78 is 0. The fraction of sp³-hybridized carbons (Fsp3) is 0.200. The van der Waals surface area contributed by atoms with Gasteiger partial charge in [0.05, 0.1) is 0 Å². The lowest BCUT2D eigenvalue weighted by Crippen LogP contribution is -2.38. The van der Waals surface area contributed by atoms with Crippen molar-refractivity contribution in [3.8, 4) is 0 Å². The second kappa shape index (κ2) is 3.37. The molecule has 0 amide bonds. The zero-order valence-electron chi connectivity index (χ0n) is 7.04. The zero-order valence-corrected chi connectivity index (χ0v) is 8.55. The molecule has 1 aromatic carbocycles. The van der Waals surface area contributed by atoms with Gasteiger partial charge < -0.3 is 0 Å². The fourth-order valence-electron chi connectivity index (χ4n) is 1.48. The number of alkyl halides is 2. The van der Waals surface area contributed by atoms with Crippen LogP contribution < -0.4 is 0 Å². The fourth-order valence-corrected chi connectivity index (χ4v) is 1.94. The van der Waals surface area contributed by atoms with E-state index in [-0.39, 0.29) is 11.6 Å². The van der Waals surface area contributed by atoms with Crippen LogP contribution in [0.4, 0.5) is 0 Å². The average molecular weight is 229 g/mol. The molecule has 0 saturated heterocycles. The molecule has 0 aromatic heterocycles. The molecule has 1 aromatic rings. The summed E-state index contributed by atoms with van der Waals surface area (Å²) in [7, 11) is 0. The van der Waals surface area contributed by atoms with E-state index in [9.17, 15) is 9.59 Å². The monoisotopic (exact) mass is 228 g/mol. The van der Waals surface area contributed by atoms with Crippen molar-refractivity contribution in [3.05, 3.63) is 35.4 Å². The first-order chi connectivity index (χ1) is 6.63. The Balaban J connectivity index is 2.62. The van der Waals surface area contributed by atoms with E-state index in [1.165, 1.54) is 0 Å². The third-order valence-electron chi connectivity index (χ3n) is 2.22. The molecule has 2 nitrogen and oxygen atoms in total. The molecule has 4 heteroatoms. The normalized spacial score (nSPS) is 26.1. The first-order valence-corrected chi connectivity index (χ1v) is 4.96. The van der Waals surface area contributed by atoms with E-state index in [1.54, 1.807) is 24.3 Å². The standard InChI is InChI=1S/C10H6Cl2O2/c11-7-8(12)10(14)6-4-2-1-3-5(6)9(7)13/h1-4,7-8H/t7-,8-/m1/s1. The maximum absolute atomic E-state index is 11.6. The third kappa shape index (κ3) is 1.26. The van der Waals surface area contributed by atoms with Crippen LogP contribution in [0, 0.1) is 0 Å². The molecule has 0 saturated carbocycles. The highest BCUT2D eigenvalue weighted by Crippen LogP contribution is 2.27. The van der Waals surface area contributed by atoms with Crippen LogP contribution in [-0.2, 0) is 0 Å². The molecule has 1 aliphatic rings. The van der Waals surface area contributed by atoms with Crippen molar-refractivity contribution in [1.29, 1.82) is 0 Å². The molecule has 0 spiro atoms. The number of carbonyl (C=O) groups is 2.